The Hall–Kier alpha value is -2.38. The Morgan fingerprint density at radius 3 is 2.52 bits per heavy atom. The summed E-state index contributed by atoms with van der Waals surface area (Å²) in [6.07, 6.45) is -0.804. The van der Waals surface area contributed by atoms with Crippen molar-refractivity contribution in [3.05, 3.63) is 59.7 Å². The number of thioether (sulfide) groups is 1. The van der Waals surface area contributed by atoms with Gasteiger partial charge in [-0.15, -0.1) is 11.3 Å². The topological polar surface area (TPSA) is 59.5 Å². The van der Waals surface area contributed by atoms with Crippen LogP contribution in [-0.4, -0.2) is 42.0 Å². The van der Waals surface area contributed by atoms with Gasteiger partial charge >= 0.3 is 5.97 Å². The summed E-state index contributed by atoms with van der Waals surface area (Å²) in [5, 5.41) is 0. The Labute approximate surface area is 166 Å². The molecule has 0 bridgehead atoms. The van der Waals surface area contributed by atoms with Gasteiger partial charge in [-0.1, -0.05) is 36.0 Å². The molecule has 0 aliphatic carbocycles. The van der Waals surface area contributed by atoms with Gasteiger partial charge in [0.05, 0.1) is 15.8 Å². The van der Waals surface area contributed by atoms with Crippen LogP contribution in [0.15, 0.2) is 52.9 Å². The Bertz CT molecular complexity index is 918. The van der Waals surface area contributed by atoms with Gasteiger partial charge in [-0.2, -0.15) is 0 Å². The van der Waals surface area contributed by atoms with Crippen LogP contribution in [-0.2, 0) is 15.3 Å². The van der Waals surface area contributed by atoms with E-state index in [0.29, 0.717) is 5.56 Å². The number of hydrogen-bond acceptors (Lipinski definition) is 6. The number of ether oxygens (including phenoxy) is 1. The average Bonchev–Trinajstić information content (AvgIpc) is 3.09. The molecule has 0 radical (unpaired) electrons. The van der Waals surface area contributed by atoms with E-state index in [2.05, 4.69) is 11.1 Å². The van der Waals surface area contributed by atoms with Crippen molar-refractivity contribution in [2.45, 2.75) is 23.1 Å². The van der Waals surface area contributed by atoms with Crippen molar-refractivity contribution in [3.63, 3.8) is 0 Å². The quantitative estimate of drug-likeness (QED) is 0.458. The zero-order valence-corrected chi connectivity index (χ0v) is 17.0. The molecule has 140 valence electrons. The number of hydrogen-bond donors (Lipinski definition) is 0. The minimum Gasteiger partial charge on any atom is -0.449 e. The summed E-state index contributed by atoms with van der Waals surface area (Å²) in [6.45, 7) is 1.57. The van der Waals surface area contributed by atoms with Crippen LogP contribution in [0.3, 0.4) is 0 Å². The lowest BCUT2D eigenvalue weighted by atomic mass is 10.1. The summed E-state index contributed by atoms with van der Waals surface area (Å²) in [4.78, 5) is 30.0. The molecule has 0 fully saturated rings. The monoisotopic (exact) mass is 400 g/mol. The Morgan fingerprint density at radius 2 is 1.85 bits per heavy atom. The first kappa shape index (κ1) is 19.4. The highest BCUT2D eigenvalue weighted by Crippen LogP contribution is 2.31. The molecule has 27 heavy (non-hydrogen) atoms. The van der Waals surface area contributed by atoms with E-state index in [4.69, 9.17) is 4.74 Å². The van der Waals surface area contributed by atoms with Crippen LogP contribution in [0.4, 0.5) is 0 Å². The predicted molar refractivity (Wildman–Crippen MR) is 109 cm³/mol. The van der Waals surface area contributed by atoms with Gasteiger partial charge in [-0.3, -0.25) is 4.79 Å². The fraction of sp³-hybridized carbons (Fsp3) is 0.250. The maximum Gasteiger partial charge on any atom is 0.338 e. The maximum atomic E-state index is 12.2. The zero-order chi connectivity index (χ0) is 19.4. The number of rotatable bonds is 6. The zero-order valence-electron chi connectivity index (χ0n) is 15.3. The van der Waals surface area contributed by atoms with Gasteiger partial charge in [0.2, 0.25) is 0 Å². The van der Waals surface area contributed by atoms with Crippen LogP contribution in [0.5, 0.6) is 0 Å². The third kappa shape index (κ3) is 4.87. The number of nitrogens with zero attached hydrogens (tertiary/aromatic N) is 2. The third-order valence-electron chi connectivity index (χ3n) is 3.90. The number of carbonyl (C=O) groups is 2. The van der Waals surface area contributed by atoms with E-state index in [1.54, 1.807) is 56.3 Å². The SMILES string of the molecule is C[C@H](OC(=O)c1ccc(CSc2nc3ccccc3s2)cc1)C(=O)N(C)C. The van der Waals surface area contributed by atoms with Crippen LogP contribution in [0.2, 0.25) is 0 Å². The highest BCUT2D eigenvalue weighted by molar-refractivity contribution is 8.00. The van der Waals surface area contributed by atoms with Crippen molar-refractivity contribution in [1.82, 2.24) is 9.88 Å². The molecule has 0 unspecified atom stereocenters. The number of thiazole rings is 1. The van der Waals surface area contributed by atoms with Gasteiger partial charge in [0.1, 0.15) is 0 Å². The second kappa shape index (κ2) is 8.54. The molecule has 0 spiro atoms. The van der Waals surface area contributed by atoms with Crippen molar-refractivity contribution in [2.24, 2.45) is 0 Å². The smallest absolute Gasteiger partial charge is 0.338 e. The Morgan fingerprint density at radius 1 is 1.15 bits per heavy atom. The molecular formula is C20H20N2O3S2. The Kier molecular flexibility index (Phi) is 6.13. The number of esters is 1. The summed E-state index contributed by atoms with van der Waals surface area (Å²) in [6, 6.07) is 15.3. The van der Waals surface area contributed by atoms with Crippen molar-refractivity contribution >= 4 is 45.2 Å². The minimum atomic E-state index is -0.804. The maximum absolute atomic E-state index is 12.2. The highest BCUT2D eigenvalue weighted by Gasteiger charge is 2.20. The van der Waals surface area contributed by atoms with Crippen LogP contribution in [0.1, 0.15) is 22.8 Å². The molecule has 0 aliphatic heterocycles. The van der Waals surface area contributed by atoms with E-state index >= 15 is 0 Å². The molecule has 1 heterocycles. The average molecular weight is 401 g/mol. The van der Waals surface area contributed by atoms with Crippen LogP contribution in [0, 0.1) is 0 Å². The molecule has 3 aromatic rings. The molecule has 0 saturated heterocycles. The summed E-state index contributed by atoms with van der Waals surface area (Å²) in [7, 11) is 3.26. The van der Waals surface area contributed by atoms with E-state index in [1.165, 1.54) is 9.60 Å². The molecule has 2 aromatic carbocycles. The van der Waals surface area contributed by atoms with E-state index in [1.807, 2.05) is 30.3 Å². The van der Waals surface area contributed by atoms with Crippen LogP contribution >= 0.6 is 23.1 Å². The Balaban J connectivity index is 1.58. The van der Waals surface area contributed by atoms with Crippen molar-refractivity contribution in [3.8, 4) is 0 Å². The fourth-order valence-electron chi connectivity index (χ4n) is 2.44. The van der Waals surface area contributed by atoms with Gasteiger partial charge in [0.15, 0.2) is 10.4 Å². The number of likely N-dealkylation sites (N-methyl/N-ethyl adjacent to an activating group) is 1. The number of para-hydroxylation sites is 1. The molecule has 5 nitrogen and oxygen atoms in total. The first-order valence-electron chi connectivity index (χ1n) is 8.43. The molecule has 0 aliphatic rings. The predicted octanol–water partition coefficient (Wildman–Crippen LogP) is 4.22. The number of carbonyl (C=O) groups excluding carboxylic acids is 2. The van der Waals surface area contributed by atoms with Gasteiger partial charge in [-0.25, -0.2) is 9.78 Å². The first-order chi connectivity index (χ1) is 12.9. The van der Waals surface area contributed by atoms with E-state index < -0.39 is 12.1 Å². The van der Waals surface area contributed by atoms with E-state index in [-0.39, 0.29) is 5.91 Å². The second-order valence-electron chi connectivity index (χ2n) is 6.21. The molecule has 3 rings (SSSR count). The standard InChI is InChI=1S/C20H20N2O3S2/c1-13(18(23)22(2)3)25-19(24)15-10-8-14(9-11-15)12-26-20-21-16-6-4-5-7-17(16)27-20/h4-11,13H,12H2,1-3H3/t13-/m0/s1. The lowest BCUT2D eigenvalue weighted by Crippen LogP contribution is -2.34. The first-order valence-corrected chi connectivity index (χ1v) is 10.2. The molecular weight excluding hydrogens is 380 g/mol. The normalized spacial score (nSPS) is 12.0. The van der Waals surface area contributed by atoms with Gasteiger partial charge in [0.25, 0.3) is 5.91 Å². The molecule has 1 atom stereocenters. The van der Waals surface area contributed by atoms with Gasteiger partial charge in [-0.05, 0) is 36.8 Å². The van der Waals surface area contributed by atoms with Crippen molar-refractivity contribution in [2.75, 3.05) is 14.1 Å². The highest BCUT2D eigenvalue weighted by atomic mass is 32.2. The van der Waals surface area contributed by atoms with Crippen molar-refractivity contribution < 1.29 is 14.3 Å². The molecule has 1 amide bonds. The fourth-order valence-corrected chi connectivity index (χ4v) is 4.46. The summed E-state index contributed by atoms with van der Waals surface area (Å²) < 4.78 is 7.42. The van der Waals surface area contributed by atoms with E-state index in [9.17, 15) is 9.59 Å². The van der Waals surface area contributed by atoms with Crippen molar-refractivity contribution in [1.29, 1.82) is 0 Å². The van der Waals surface area contributed by atoms with Crippen LogP contribution in [0.25, 0.3) is 10.2 Å². The number of benzene rings is 2. The molecule has 1 aromatic heterocycles. The van der Waals surface area contributed by atoms with E-state index in [0.717, 1.165) is 21.2 Å². The largest absolute Gasteiger partial charge is 0.449 e. The third-order valence-corrected chi connectivity index (χ3v) is 6.15. The van der Waals surface area contributed by atoms with Crippen LogP contribution < -0.4 is 0 Å². The lowest BCUT2D eigenvalue weighted by Gasteiger charge is -2.17. The lowest BCUT2D eigenvalue weighted by molar-refractivity contribution is -0.137. The molecule has 0 N–H and O–H groups in total. The number of fused-ring (bicyclic) bond motifs is 1. The van der Waals surface area contributed by atoms with Gasteiger partial charge in [0, 0.05) is 19.8 Å². The number of amides is 1. The summed E-state index contributed by atoms with van der Waals surface area (Å²) in [5.41, 5.74) is 2.54. The van der Waals surface area contributed by atoms with Gasteiger partial charge < -0.3 is 9.64 Å². The second-order valence-corrected chi connectivity index (χ2v) is 8.47. The molecule has 7 heteroatoms. The number of aromatic nitrogens is 1. The molecule has 0 saturated carbocycles. The summed E-state index contributed by atoms with van der Waals surface area (Å²) in [5.74, 6) is 0.0280. The minimum absolute atomic E-state index is 0.243. The summed E-state index contributed by atoms with van der Waals surface area (Å²) >= 11 is 3.35.